The first-order chi connectivity index (χ1) is 14.2. The lowest BCUT2D eigenvalue weighted by Crippen LogP contribution is -2.62. The maximum absolute atomic E-state index is 6.49. The van der Waals surface area contributed by atoms with Gasteiger partial charge in [-0.05, 0) is 93.4 Å². The van der Waals surface area contributed by atoms with Gasteiger partial charge in [-0.3, -0.25) is 0 Å². The van der Waals surface area contributed by atoms with Crippen LogP contribution in [-0.2, 0) is 5.54 Å². The van der Waals surface area contributed by atoms with E-state index < -0.39 is 0 Å². The van der Waals surface area contributed by atoms with Crippen LogP contribution < -0.4 is 4.90 Å². The Labute approximate surface area is 172 Å². The predicted molar refractivity (Wildman–Crippen MR) is 115 cm³/mol. The summed E-state index contributed by atoms with van der Waals surface area (Å²) >= 11 is 0. The molecule has 3 heteroatoms. The average molecular weight is 385 g/mol. The molecule has 1 atom stereocenters. The number of fused-ring (bicyclic) bond motifs is 3. The summed E-state index contributed by atoms with van der Waals surface area (Å²) in [6.07, 6.45) is 8.88. The van der Waals surface area contributed by atoms with Crippen LogP contribution in [0.5, 0.6) is 0 Å². The minimum atomic E-state index is 0.0720. The number of furan rings is 1. The molecule has 1 spiro atoms. The third-order valence-electron chi connectivity index (χ3n) is 8.82. The standard InChI is InChI=1S/C26H28N2O/c1-15-6-3-4-8-22(15)28-16(2)24-23(21-7-5-9-27-25(21)29-24)26(28)19-11-17-10-18(13-19)14-20(26)12-17/h3-9,16-20H,10-14H2,1-2H3/t16-,17?,18?,19?,20?,26?/m0/s1. The molecule has 3 aromatic rings. The van der Waals surface area contributed by atoms with Crippen molar-refractivity contribution in [3.63, 3.8) is 0 Å². The minimum Gasteiger partial charge on any atom is -0.440 e. The van der Waals surface area contributed by atoms with Crippen LogP contribution in [0.1, 0.15) is 62.0 Å². The molecule has 1 aliphatic heterocycles. The van der Waals surface area contributed by atoms with Crippen molar-refractivity contribution in [2.45, 2.75) is 57.5 Å². The monoisotopic (exact) mass is 384 g/mol. The zero-order valence-corrected chi connectivity index (χ0v) is 17.3. The Morgan fingerprint density at radius 1 is 0.966 bits per heavy atom. The molecule has 0 radical (unpaired) electrons. The molecule has 4 saturated carbocycles. The first-order valence-corrected chi connectivity index (χ1v) is 11.4. The molecule has 0 saturated heterocycles. The number of aromatic nitrogens is 1. The van der Waals surface area contributed by atoms with Gasteiger partial charge in [-0.15, -0.1) is 0 Å². The molecule has 148 valence electrons. The van der Waals surface area contributed by atoms with Crippen molar-refractivity contribution >= 4 is 16.8 Å². The zero-order chi connectivity index (χ0) is 19.3. The van der Waals surface area contributed by atoms with E-state index in [0.717, 1.165) is 29.4 Å². The lowest BCUT2D eigenvalue weighted by atomic mass is 9.47. The lowest BCUT2D eigenvalue weighted by molar-refractivity contribution is -0.0596. The number of anilines is 1. The van der Waals surface area contributed by atoms with Crippen molar-refractivity contribution in [2.75, 3.05) is 4.90 Å². The summed E-state index contributed by atoms with van der Waals surface area (Å²) in [4.78, 5) is 7.41. The van der Waals surface area contributed by atoms with E-state index in [0.29, 0.717) is 0 Å². The Morgan fingerprint density at radius 3 is 2.41 bits per heavy atom. The van der Waals surface area contributed by atoms with Gasteiger partial charge in [0, 0.05) is 22.8 Å². The summed E-state index contributed by atoms with van der Waals surface area (Å²) in [5.74, 6) is 4.51. The number of hydrogen-bond acceptors (Lipinski definition) is 3. The molecule has 0 N–H and O–H groups in total. The Balaban J connectivity index is 1.55. The van der Waals surface area contributed by atoms with E-state index >= 15 is 0 Å². The van der Waals surface area contributed by atoms with E-state index in [4.69, 9.17) is 4.42 Å². The van der Waals surface area contributed by atoms with Crippen molar-refractivity contribution in [3.8, 4) is 0 Å². The van der Waals surface area contributed by atoms with E-state index in [-0.39, 0.29) is 11.6 Å². The second kappa shape index (κ2) is 5.44. The number of para-hydroxylation sites is 1. The number of nitrogens with zero attached hydrogens (tertiary/aromatic N) is 2. The molecule has 3 nitrogen and oxygen atoms in total. The SMILES string of the molecule is Cc1ccccc1N1[C@@H](C)c2oc3ncccc3c2C12C1CC3CC(C1)CC2C3. The largest absolute Gasteiger partial charge is 0.440 e. The zero-order valence-electron chi connectivity index (χ0n) is 17.3. The van der Waals surface area contributed by atoms with E-state index in [9.17, 15) is 0 Å². The van der Waals surface area contributed by atoms with E-state index in [1.54, 1.807) is 0 Å². The Bertz CT molecular complexity index is 1100. The quantitative estimate of drug-likeness (QED) is 0.488. The van der Waals surface area contributed by atoms with Gasteiger partial charge in [0.05, 0.1) is 11.6 Å². The predicted octanol–water partition coefficient (Wildman–Crippen LogP) is 6.37. The van der Waals surface area contributed by atoms with Crippen LogP contribution in [0.4, 0.5) is 5.69 Å². The van der Waals surface area contributed by atoms with Gasteiger partial charge >= 0.3 is 0 Å². The number of rotatable bonds is 1. The molecule has 0 unspecified atom stereocenters. The van der Waals surface area contributed by atoms with Gasteiger partial charge in [-0.25, -0.2) is 4.98 Å². The summed E-state index contributed by atoms with van der Waals surface area (Å²) in [6.45, 7) is 4.62. The summed E-state index contributed by atoms with van der Waals surface area (Å²) in [7, 11) is 0. The van der Waals surface area contributed by atoms with Gasteiger partial charge in [0.25, 0.3) is 0 Å². The van der Waals surface area contributed by atoms with Crippen molar-refractivity contribution in [3.05, 3.63) is 59.5 Å². The fraction of sp³-hybridized carbons (Fsp3) is 0.500. The molecule has 2 aromatic heterocycles. The van der Waals surface area contributed by atoms with E-state index in [1.165, 1.54) is 60.1 Å². The number of benzene rings is 1. The number of aryl methyl sites for hydroxylation is 1. The minimum absolute atomic E-state index is 0.0720. The van der Waals surface area contributed by atoms with Crippen LogP contribution in [0.15, 0.2) is 47.0 Å². The first-order valence-electron chi connectivity index (χ1n) is 11.4. The average Bonchev–Trinajstić information content (AvgIpc) is 3.21. The summed E-state index contributed by atoms with van der Waals surface area (Å²) in [5.41, 5.74) is 5.17. The Morgan fingerprint density at radius 2 is 1.69 bits per heavy atom. The highest BCUT2D eigenvalue weighted by molar-refractivity contribution is 5.84. The maximum Gasteiger partial charge on any atom is 0.226 e. The van der Waals surface area contributed by atoms with E-state index in [1.807, 2.05) is 6.20 Å². The molecule has 3 heterocycles. The number of pyridine rings is 1. The van der Waals surface area contributed by atoms with Crippen molar-refractivity contribution < 1.29 is 4.42 Å². The van der Waals surface area contributed by atoms with Gasteiger partial charge < -0.3 is 9.32 Å². The molecule has 4 fully saturated rings. The van der Waals surface area contributed by atoms with Gasteiger partial charge in [-0.2, -0.15) is 0 Å². The third-order valence-corrected chi connectivity index (χ3v) is 8.82. The molecule has 4 aliphatic carbocycles. The fourth-order valence-electron chi connectivity index (χ4n) is 8.16. The van der Waals surface area contributed by atoms with Crippen LogP contribution in [0.25, 0.3) is 11.1 Å². The fourth-order valence-corrected chi connectivity index (χ4v) is 8.16. The molecule has 1 aromatic carbocycles. The summed E-state index contributed by atoms with van der Waals surface area (Å²) in [5, 5.41) is 1.26. The lowest BCUT2D eigenvalue weighted by Gasteiger charge is -2.64. The van der Waals surface area contributed by atoms with Crippen molar-refractivity contribution in [2.24, 2.45) is 23.7 Å². The Kier molecular flexibility index (Phi) is 3.10. The highest BCUT2D eigenvalue weighted by Gasteiger charge is 2.66. The highest BCUT2D eigenvalue weighted by Crippen LogP contribution is 2.69. The van der Waals surface area contributed by atoms with Gasteiger partial charge in [-0.1, -0.05) is 18.2 Å². The van der Waals surface area contributed by atoms with Gasteiger partial charge in [0.2, 0.25) is 5.71 Å². The maximum atomic E-state index is 6.49. The summed E-state index contributed by atoms with van der Waals surface area (Å²) in [6, 6.07) is 13.6. The van der Waals surface area contributed by atoms with Gasteiger partial charge in [0.1, 0.15) is 5.76 Å². The van der Waals surface area contributed by atoms with Crippen molar-refractivity contribution in [1.82, 2.24) is 4.98 Å². The van der Waals surface area contributed by atoms with Crippen molar-refractivity contribution in [1.29, 1.82) is 0 Å². The molecule has 4 bridgehead atoms. The van der Waals surface area contributed by atoms with Crippen LogP contribution in [-0.4, -0.2) is 4.98 Å². The normalized spacial score (nSPS) is 37.0. The van der Waals surface area contributed by atoms with Crippen LogP contribution in [0.2, 0.25) is 0 Å². The smallest absolute Gasteiger partial charge is 0.226 e. The molecular formula is C26H28N2O. The van der Waals surface area contributed by atoms with Crippen LogP contribution in [0, 0.1) is 30.6 Å². The summed E-state index contributed by atoms with van der Waals surface area (Å²) < 4.78 is 6.49. The highest BCUT2D eigenvalue weighted by atomic mass is 16.3. The second-order valence-electron chi connectivity index (χ2n) is 10.2. The third kappa shape index (κ3) is 1.88. The number of hydrogen-bond donors (Lipinski definition) is 0. The molecule has 29 heavy (non-hydrogen) atoms. The van der Waals surface area contributed by atoms with Crippen LogP contribution in [0.3, 0.4) is 0 Å². The molecule has 0 amide bonds. The molecule has 8 rings (SSSR count). The van der Waals surface area contributed by atoms with E-state index in [2.05, 4.69) is 60.1 Å². The van der Waals surface area contributed by atoms with Gasteiger partial charge in [0.15, 0.2) is 0 Å². The molecular weight excluding hydrogens is 356 g/mol. The second-order valence-corrected chi connectivity index (χ2v) is 10.2. The topological polar surface area (TPSA) is 29.3 Å². The first kappa shape index (κ1) is 16.5. The molecule has 5 aliphatic rings. The van der Waals surface area contributed by atoms with Crippen LogP contribution >= 0.6 is 0 Å². The Hall–Kier alpha value is -2.29.